The van der Waals surface area contributed by atoms with E-state index >= 15 is 0 Å². The minimum atomic E-state index is -3.99. The molecule has 15 heteroatoms. The van der Waals surface area contributed by atoms with Crippen molar-refractivity contribution in [3.63, 3.8) is 0 Å². The number of rotatable bonds is 7. The molecule has 2 aromatic carbocycles. The molecule has 36 heavy (non-hydrogen) atoms. The van der Waals surface area contributed by atoms with Crippen LogP contribution in [-0.2, 0) is 14.8 Å². The summed E-state index contributed by atoms with van der Waals surface area (Å²) in [5.74, 6) is 0.153. The maximum Gasteiger partial charge on any atom is 0.261 e. The van der Waals surface area contributed by atoms with Crippen LogP contribution in [0.3, 0.4) is 0 Å². The molecule has 4 rings (SSSR count). The van der Waals surface area contributed by atoms with Crippen LogP contribution >= 0.6 is 46.4 Å². The zero-order valence-corrected chi connectivity index (χ0v) is 22.3. The van der Waals surface area contributed by atoms with E-state index in [0.29, 0.717) is 16.3 Å². The Labute approximate surface area is 225 Å². The number of hydrogen-bond donors (Lipinski definition) is 3. The van der Waals surface area contributed by atoms with Gasteiger partial charge in [-0.3, -0.25) is 14.8 Å². The standard InChI is InChI=1S/C21H16Cl4N6O4S/c1-10(32)26-20-29-18(24)19(25)31(20)21-27-16(17(23)28-21)14-9-11(22)3-8-15(14)30-36(33,34)13-6-4-12(35-2)5-7-13/h3-9,30H,1-2H3,(H,27,28)(H,26,29,32). The summed E-state index contributed by atoms with van der Waals surface area (Å²) in [5.41, 5.74) is 0.687. The molecule has 2 heterocycles. The van der Waals surface area contributed by atoms with Gasteiger partial charge in [-0.2, -0.15) is 9.97 Å². The molecule has 0 aliphatic rings. The number of aromatic amines is 1. The number of benzene rings is 2. The first kappa shape index (κ1) is 26.1. The molecule has 0 aliphatic carbocycles. The summed E-state index contributed by atoms with van der Waals surface area (Å²) in [6.45, 7) is 1.29. The molecule has 0 aliphatic heterocycles. The lowest BCUT2D eigenvalue weighted by Crippen LogP contribution is -2.13. The van der Waals surface area contributed by atoms with E-state index in [-0.39, 0.29) is 43.6 Å². The van der Waals surface area contributed by atoms with Crippen LogP contribution in [0.1, 0.15) is 6.92 Å². The highest BCUT2D eigenvalue weighted by atomic mass is 35.5. The first-order chi connectivity index (χ1) is 17.0. The van der Waals surface area contributed by atoms with Gasteiger partial charge in [0.25, 0.3) is 10.0 Å². The number of carbonyl (C=O) groups is 1. The highest BCUT2D eigenvalue weighted by molar-refractivity contribution is 7.92. The van der Waals surface area contributed by atoms with Gasteiger partial charge in [-0.15, -0.1) is 0 Å². The lowest BCUT2D eigenvalue weighted by Gasteiger charge is -2.13. The van der Waals surface area contributed by atoms with Gasteiger partial charge in [0.2, 0.25) is 17.8 Å². The van der Waals surface area contributed by atoms with Gasteiger partial charge in [-0.25, -0.2) is 13.0 Å². The third-order valence-electron chi connectivity index (χ3n) is 4.79. The second-order valence-electron chi connectivity index (χ2n) is 7.23. The van der Waals surface area contributed by atoms with Gasteiger partial charge in [0, 0.05) is 17.5 Å². The molecule has 188 valence electrons. The topological polar surface area (TPSA) is 131 Å². The van der Waals surface area contributed by atoms with Crippen LogP contribution in [0.2, 0.25) is 20.5 Å². The van der Waals surface area contributed by atoms with Crippen molar-refractivity contribution in [2.24, 2.45) is 0 Å². The number of ether oxygens (including phenoxy) is 1. The van der Waals surface area contributed by atoms with Crippen molar-refractivity contribution in [1.82, 2.24) is 19.5 Å². The van der Waals surface area contributed by atoms with Crippen molar-refractivity contribution < 1.29 is 17.9 Å². The van der Waals surface area contributed by atoms with E-state index < -0.39 is 15.9 Å². The fourth-order valence-corrected chi connectivity index (χ4v) is 5.05. The van der Waals surface area contributed by atoms with E-state index in [4.69, 9.17) is 51.1 Å². The van der Waals surface area contributed by atoms with Crippen LogP contribution < -0.4 is 14.8 Å². The Morgan fingerprint density at radius 2 is 1.72 bits per heavy atom. The molecule has 3 N–H and O–H groups in total. The van der Waals surface area contributed by atoms with E-state index in [1.165, 1.54) is 61.1 Å². The van der Waals surface area contributed by atoms with Gasteiger partial charge in [-0.05, 0) is 42.5 Å². The van der Waals surface area contributed by atoms with E-state index in [1.807, 2.05) is 0 Å². The number of anilines is 2. The summed E-state index contributed by atoms with van der Waals surface area (Å²) in [6.07, 6.45) is 0. The number of amides is 1. The molecule has 0 atom stereocenters. The number of carbonyl (C=O) groups excluding carboxylic acids is 1. The Hall–Kier alpha value is -2.96. The van der Waals surface area contributed by atoms with Crippen molar-refractivity contribution in [2.75, 3.05) is 17.1 Å². The highest BCUT2D eigenvalue weighted by Gasteiger charge is 2.24. The average molecular weight is 590 g/mol. The number of methoxy groups -OCH3 is 1. The molecule has 0 saturated carbocycles. The number of aromatic nitrogens is 4. The van der Waals surface area contributed by atoms with Gasteiger partial charge in [-0.1, -0.05) is 46.4 Å². The number of imidazole rings is 2. The summed E-state index contributed by atoms with van der Waals surface area (Å²) in [5, 5.41) is 2.66. The van der Waals surface area contributed by atoms with Crippen molar-refractivity contribution in [3.05, 3.63) is 62.9 Å². The first-order valence-electron chi connectivity index (χ1n) is 9.94. The summed E-state index contributed by atoms with van der Waals surface area (Å²) in [6, 6.07) is 10.4. The lowest BCUT2D eigenvalue weighted by molar-refractivity contribution is -0.114. The molecule has 0 radical (unpaired) electrons. The predicted octanol–water partition coefficient (Wildman–Crippen LogP) is 5.64. The molecule has 0 bridgehead atoms. The minimum Gasteiger partial charge on any atom is -0.497 e. The number of nitrogens with zero attached hydrogens (tertiary/aromatic N) is 3. The monoisotopic (exact) mass is 588 g/mol. The number of H-pyrrole nitrogens is 1. The predicted molar refractivity (Wildman–Crippen MR) is 139 cm³/mol. The fourth-order valence-electron chi connectivity index (χ4n) is 3.20. The summed E-state index contributed by atoms with van der Waals surface area (Å²) < 4.78 is 35.0. The van der Waals surface area contributed by atoms with Gasteiger partial charge >= 0.3 is 0 Å². The molecule has 1 amide bonds. The second kappa shape index (κ2) is 10.2. The average Bonchev–Trinajstić information content (AvgIpc) is 3.32. The molecule has 0 unspecified atom stereocenters. The number of hydrogen-bond acceptors (Lipinski definition) is 6. The van der Waals surface area contributed by atoms with Crippen LogP contribution in [0.25, 0.3) is 17.2 Å². The van der Waals surface area contributed by atoms with Crippen LogP contribution in [0, 0.1) is 0 Å². The summed E-state index contributed by atoms with van der Waals surface area (Å²) >= 11 is 24.9. The van der Waals surface area contributed by atoms with Crippen molar-refractivity contribution in [2.45, 2.75) is 11.8 Å². The van der Waals surface area contributed by atoms with Gasteiger partial charge in [0.15, 0.2) is 15.5 Å². The Balaban J connectivity index is 1.78. The van der Waals surface area contributed by atoms with E-state index in [1.54, 1.807) is 0 Å². The highest BCUT2D eigenvalue weighted by Crippen LogP contribution is 2.37. The maximum absolute atomic E-state index is 13.0. The minimum absolute atomic E-state index is 0.000919. The van der Waals surface area contributed by atoms with Crippen LogP contribution in [0.5, 0.6) is 5.75 Å². The molecule has 2 aromatic heterocycles. The normalized spacial score (nSPS) is 11.4. The van der Waals surface area contributed by atoms with Crippen LogP contribution in [0.15, 0.2) is 47.4 Å². The zero-order chi connectivity index (χ0) is 26.2. The molecular formula is C21H16Cl4N6O4S. The molecular weight excluding hydrogens is 574 g/mol. The largest absolute Gasteiger partial charge is 0.497 e. The Morgan fingerprint density at radius 3 is 2.36 bits per heavy atom. The molecule has 10 nitrogen and oxygen atoms in total. The molecule has 0 saturated heterocycles. The second-order valence-corrected chi connectivity index (χ2v) is 10.4. The Bertz CT molecular complexity index is 1570. The van der Waals surface area contributed by atoms with Gasteiger partial charge in [0.05, 0.1) is 23.4 Å². The lowest BCUT2D eigenvalue weighted by atomic mass is 10.1. The van der Waals surface area contributed by atoms with Gasteiger partial charge in [0.1, 0.15) is 5.75 Å². The summed E-state index contributed by atoms with van der Waals surface area (Å²) in [7, 11) is -2.51. The third-order valence-corrected chi connectivity index (χ3v) is 7.39. The molecule has 0 fully saturated rings. The number of nitrogens with one attached hydrogen (secondary N) is 3. The number of halogens is 4. The zero-order valence-electron chi connectivity index (χ0n) is 18.4. The Kier molecular flexibility index (Phi) is 7.39. The quantitative estimate of drug-likeness (QED) is 0.255. The van der Waals surface area contributed by atoms with Gasteiger partial charge < -0.3 is 9.72 Å². The van der Waals surface area contributed by atoms with Crippen molar-refractivity contribution >= 4 is 74.0 Å². The van der Waals surface area contributed by atoms with E-state index in [9.17, 15) is 13.2 Å². The van der Waals surface area contributed by atoms with E-state index in [2.05, 4.69) is 25.0 Å². The van der Waals surface area contributed by atoms with Crippen LogP contribution in [0.4, 0.5) is 11.6 Å². The van der Waals surface area contributed by atoms with Crippen molar-refractivity contribution in [3.8, 4) is 23.0 Å². The summed E-state index contributed by atoms with van der Waals surface area (Å²) in [4.78, 5) is 22.8. The SMILES string of the molecule is COc1ccc(S(=O)(=O)Nc2ccc(Cl)cc2-c2[nH]c(-n3c(NC(C)=O)nc(Cl)c3Cl)nc2Cl)cc1. The fraction of sp³-hybridized carbons (Fsp3) is 0.0952. The van der Waals surface area contributed by atoms with Crippen LogP contribution in [-0.4, -0.2) is 41.0 Å². The Morgan fingerprint density at radius 1 is 1.03 bits per heavy atom. The molecule has 4 aromatic rings. The van der Waals surface area contributed by atoms with Crippen molar-refractivity contribution in [1.29, 1.82) is 0 Å². The van der Waals surface area contributed by atoms with E-state index in [0.717, 1.165) is 0 Å². The first-order valence-corrected chi connectivity index (χ1v) is 12.9. The number of sulfonamides is 1. The molecule has 0 spiro atoms. The smallest absolute Gasteiger partial charge is 0.261 e. The third kappa shape index (κ3) is 5.25. The maximum atomic E-state index is 13.0.